The second kappa shape index (κ2) is 5.14. The molecule has 0 fully saturated rings. The summed E-state index contributed by atoms with van der Waals surface area (Å²) in [5.41, 5.74) is 2.69. The lowest BCUT2D eigenvalue weighted by molar-refractivity contribution is -0.115. The molecular formula is C12H12BrN3O. The molecule has 2 rings (SSSR count). The fourth-order valence-electron chi connectivity index (χ4n) is 1.48. The first-order chi connectivity index (χ1) is 8.15. The first-order valence-electron chi connectivity index (χ1n) is 5.19. The minimum Gasteiger partial charge on any atom is -0.326 e. The number of aromatic nitrogens is 2. The molecule has 0 atom stereocenters. The maximum Gasteiger partial charge on any atom is 0.230 e. The molecule has 0 aliphatic heterocycles. The average Bonchev–Trinajstić information content (AvgIpc) is 2.76. The summed E-state index contributed by atoms with van der Waals surface area (Å²) in [5.74, 6) is -0.0593. The van der Waals surface area contributed by atoms with E-state index >= 15 is 0 Å². The number of benzene rings is 1. The van der Waals surface area contributed by atoms with Gasteiger partial charge in [0.1, 0.15) is 0 Å². The minimum absolute atomic E-state index is 0.0593. The van der Waals surface area contributed by atoms with Crippen molar-refractivity contribution in [1.82, 2.24) is 10.2 Å². The Labute approximate surface area is 108 Å². The summed E-state index contributed by atoms with van der Waals surface area (Å²) >= 11 is 3.42. The number of aryl methyl sites for hydroxylation is 1. The summed E-state index contributed by atoms with van der Waals surface area (Å²) in [6.45, 7) is 1.98. The third-order valence-electron chi connectivity index (χ3n) is 2.35. The topological polar surface area (TPSA) is 57.8 Å². The fourth-order valence-corrected chi connectivity index (χ4v) is 1.73. The van der Waals surface area contributed by atoms with Crippen LogP contribution in [0, 0.1) is 6.92 Å². The summed E-state index contributed by atoms with van der Waals surface area (Å²) in [7, 11) is 0. The second-order valence-corrected chi connectivity index (χ2v) is 4.63. The van der Waals surface area contributed by atoms with Crippen molar-refractivity contribution in [2.45, 2.75) is 13.3 Å². The molecule has 0 aliphatic rings. The van der Waals surface area contributed by atoms with Crippen molar-refractivity contribution < 1.29 is 4.79 Å². The van der Waals surface area contributed by atoms with Crippen LogP contribution < -0.4 is 5.32 Å². The molecule has 0 bridgehead atoms. The van der Waals surface area contributed by atoms with Crippen molar-refractivity contribution in [2.75, 3.05) is 5.32 Å². The third kappa shape index (κ3) is 3.17. The van der Waals surface area contributed by atoms with E-state index in [0.717, 1.165) is 21.4 Å². The first-order valence-corrected chi connectivity index (χ1v) is 5.99. The van der Waals surface area contributed by atoms with Gasteiger partial charge in [-0.15, -0.1) is 0 Å². The zero-order valence-electron chi connectivity index (χ0n) is 9.33. The Bertz CT molecular complexity index is 523. The van der Waals surface area contributed by atoms with Gasteiger partial charge < -0.3 is 5.32 Å². The van der Waals surface area contributed by atoms with E-state index in [1.54, 1.807) is 12.3 Å². The van der Waals surface area contributed by atoms with E-state index in [0.29, 0.717) is 6.42 Å². The van der Waals surface area contributed by atoms with Crippen molar-refractivity contribution in [3.63, 3.8) is 0 Å². The maximum absolute atomic E-state index is 11.7. The van der Waals surface area contributed by atoms with E-state index in [4.69, 9.17) is 0 Å². The molecule has 1 amide bonds. The van der Waals surface area contributed by atoms with Gasteiger partial charge >= 0.3 is 0 Å². The highest BCUT2D eigenvalue weighted by Crippen LogP contribution is 2.20. The molecule has 88 valence electrons. The lowest BCUT2D eigenvalue weighted by Crippen LogP contribution is -2.14. The Morgan fingerprint density at radius 2 is 2.29 bits per heavy atom. The molecule has 4 nitrogen and oxygen atoms in total. The summed E-state index contributed by atoms with van der Waals surface area (Å²) < 4.78 is 1.03. The van der Waals surface area contributed by atoms with Crippen molar-refractivity contribution in [3.8, 4) is 0 Å². The van der Waals surface area contributed by atoms with Gasteiger partial charge in [-0.05, 0) is 36.8 Å². The van der Waals surface area contributed by atoms with Crippen LogP contribution in [-0.4, -0.2) is 16.1 Å². The molecule has 0 spiro atoms. The lowest BCUT2D eigenvalue weighted by Gasteiger charge is -2.06. The van der Waals surface area contributed by atoms with Crippen molar-refractivity contribution in [3.05, 3.63) is 46.2 Å². The van der Waals surface area contributed by atoms with Crippen molar-refractivity contribution >= 4 is 27.5 Å². The largest absolute Gasteiger partial charge is 0.326 e. The van der Waals surface area contributed by atoms with Crippen LogP contribution in [0.3, 0.4) is 0 Å². The number of anilines is 1. The smallest absolute Gasteiger partial charge is 0.230 e. The quantitative estimate of drug-likeness (QED) is 0.914. The highest BCUT2D eigenvalue weighted by atomic mass is 79.9. The molecule has 1 aromatic carbocycles. The number of nitrogens with one attached hydrogen (secondary N) is 2. The highest BCUT2D eigenvalue weighted by molar-refractivity contribution is 9.10. The highest BCUT2D eigenvalue weighted by Gasteiger charge is 2.05. The van der Waals surface area contributed by atoms with Gasteiger partial charge in [-0.1, -0.05) is 15.9 Å². The molecule has 1 aromatic heterocycles. The predicted octanol–water partition coefficient (Wildman–Crippen LogP) is 2.66. The van der Waals surface area contributed by atoms with Crippen LogP contribution in [0.2, 0.25) is 0 Å². The molecule has 2 aromatic rings. The summed E-state index contributed by atoms with van der Waals surface area (Å²) in [6, 6.07) is 7.49. The van der Waals surface area contributed by atoms with Crippen LogP contribution in [0.5, 0.6) is 0 Å². The van der Waals surface area contributed by atoms with E-state index in [2.05, 4.69) is 31.4 Å². The summed E-state index contributed by atoms with van der Waals surface area (Å²) in [6.07, 6.45) is 1.93. The molecule has 0 radical (unpaired) electrons. The zero-order valence-corrected chi connectivity index (χ0v) is 10.9. The van der Waals surface area contributed by atoms with Gasteiger partial charge in [-0.3, -0.25) is 9.89 Å². The number of halogens is 1. The Kier molecular flexibility index (Phi) is 3.58. The molecule has 2 N–H and O–H groups in total. The predicted molar refractivity (Wildman–Crippen MR) is 69.8 cm³/mol. The average molecular weight is 294 g/mol. The van der Waals surface area contributed by atoms with Crippen molar-refractivity contribution in [1.29, 1.82) is 0 Å². The maximum atomic E-state index is 11.7. The lowest BCUT2D eigenvalue weighted by atomic mass is 10.2. The normalized spacial score (nSPS) is 10.2. The van der Waals surface area contributed by atoms with Gasteiger partial charge in [0.15, 0.2) is 0 Å². The number of aromatic amines is 1. The monoisotopic (exact) mass is 293 g/mol. The Morgan fingerprint density at radius 3 is 2.94 bits per heavy atom. The van der Waals surface area contributed by atoms with Crippen LogP contribution in [0.4, 0.5) is 5.69 Å². The molecule has 0 saturated heterocycles. The molecular weight excluding hydrogens is 282 g/mol. The molecule has 0 saturated carbocycles. The van der Waals surface area contributed by atoms with Gasteiger partial charge in [-0.25, -0.2) is 0 Å². The number of amides is 1. The van der Waals surface area contributed by atoms with E-state index in [1.807, 2.05) is 25.1 Å². The van der Waals surface area contributed by atoms with Gasteiger partial charge in [0, 0.05) is 22.1 Å². The molecule has 5 heteroatoms. The molecule has 17 heavy (non-hydrogen) atoms. The SMILES string of the molecule is Cc1cc(NC(=O)Cc2ccn[nH]2)ccc1Br. The van der Waals surface area contributed by atoms with Gasteiger partial charge in [0.25, 0.3) is 0 Å². The van der Waals surface area contributed by atoms with Gasteiger partial charge in [-0.2, -0.15) is 5.10 Å². The van der Waals surface area contributed by atoms with Crippen molar-refractivity contribution in [2.24, 2.45) is 0 Å². The van der Waals surface area contributed by atoms with Crippen LogP contribution in [0.25, 0.3) is 0 Å². The van der Waals surface area contributed by atoms with Gasteiger partial charge in [0.05, 0.1) is 6.42 Å². The Hall–Kier alpha value is -1.62. The van der Waals surface area contributed by atoms with E-state index in [1.165, 1.54) is 0 Å². The number of nitrogens with zero attached hydrogens (tertiary/aromatic N) is 1. The van der Waals surface area contributed by atoms with Crippen LogP contribution >= 0.6 is 15.9 Å². The third-order valence-corrected chi connectivity index (χ3v) is 3.24. The minimum atomic E-state index is -0.0593. The first kappa shape index (κ1) is 11.9. The summed E-state index contributed by atoms with van der Waals surface area (Å²) in [5, 5.41) is 9.39. The Morgan fingerprint density at radius 1 is 1.47 bits per heavy atom. The number of hydrogen-bond acceptors (Lipinski definition) is 2. The number of rotatable bonds is 3. The van der Waals surface area contributed by atoms with Crippen LogP contribution in [0.1, 0.15) is 11.3 Å². The van der Waals surface area contributed by atoms with Gasteiger partial charge in [0.2, 0.25) is 5.91 Å². The van der Waals surface area contributed by atoms with E-state index in [9.17, 15) is 4.79 Å². The zero-order chi connectivity index (χ0) is 12.3. The number of hydrogen-bond donors (Lipinski definition) is 2. The second-order valence-electron chi connectivity index (χ2n) is 3.77. The van der Waals surface area contributed by atoms with Crippen LogP contribution in [0.15, 0.2) is 34.9 Å². The van der Waals surface area contributed by atoms with E-state index < -0.39 is 0 Å². The fraction of sp³-hybridized carbons (Fsp3) is 0.167. The molecule has 0 aliphatic carbocycles. The molecule has 1 heterocycles. The number of carbonyl (C=O) groups excluding carboxylic acids is 1. The van der Waals surface area contributed by atoms with E-state index in [-0.39, 0.29) is 5.91 Å². The molecule has 0 unspecified atom stereocenters. The standard InChI is InChI=1S/C12H12BrN3O/c1-8-6-9(2-3-11(8)13)15-12(17)7-10-4-5-14-16-10/h2-6H,7H2,1H3,(H,14,16)(H,15,17). The number of H-pyrrole nitrogens is 1. The Balaban J connectivity index is 2.00. The van der Waals surface area contributed by atoms with Crippen LogP contribution in [-0.2, 0) is 11.2 Å². The number of carbonyl (C=O) groups is 1. The summed E-state index contributed by atoms with van der Waals surface area (Å²) in [4.78, 5) is 11.7.